The number of amides is 1. The third kappa shape index (κ3) is 4.54. The van der Waals surface area contributed by atoms with E-state index >= 15 is 0 Å². The summed E-state index contributed by atoms with van der Waals surface area (Å²) in [4.78, 5) is 19.2. The van der Waals surface area contributed by atoms with Gasteiger partial charge in [-0.1, -0.05) is 5.16 Å². The molecule has 0 radical (unpaired) electrons. The van der Waals surface area contributed by atoms with Crippen molar-refractivity contribution in [3.8, 4) is 0 Å². The minimum atomic E-state index is -4.43. The molecule has 1 aromatic carbocycles. The van der Waals surface area contributed by atoms with Crippen LogP contribution in [0, 0.1) is 6.92 Å². The maximum atomic E-state index is 12.7. The number of alkyl halides is 3. The second-order valence-electron chi connectivity index (χ2n) is 7.16. The highest BCUT2D eigenvalue weighted by molar-refractivity contribution is 7.14. The van der Waals surface area contributed by atoms with Gasteiger partial charge in [0, 0.05) is 23.6 Å². The van der Waals surface area contributed by atoms with Gasteiger partial charge in [-0.3, -0.25) is 15.0 Å². The van der Waals surface area contributed by atoms with E-state index in [9.17, 15) is 18.0 Å². The Morgan fingerprint density at radius 2 is 2.10 bits per heavy atom. The van der Waals surface area contributed by atoms with E-state index in [1.54, 1.807) is 0 Å². The average molecular weight is 436 g/mol. The molecule has 1 amide bonds. The molecule has 1 aliphatic rings. The van der Waals surface area contributed by atoms with Crippen molar-refractivity contribution in [2.45, 2.75) is 38.5 Å². The second-order valence-corrected chi connectivity index (χ2v) is 8.02. The molecule has 1 unspecified atom stereocenters. The van der Waals surface area contributed by atoms with Crippen molar-refractivity contribution in [3.63, 3.8) is 0 Å². The van der Waals surface area contributed by atoms with Gasteiger partial charge >= 0.3 is 6.18 Å². The van der Waals surface area contributed by atoms with Crippen LogP contribution in [0.15, 0.2) is 40.2 Å². The van der Waals surface area contributed by atoms with Crippen LogP contribution in [0.2, 0.25) is 0 Å². The molecule has 6 nitrogen and oxygen atoms in total. The van der Waals surface area contributed by atoms with E-state index in [4.69, 9.17) is 4.52 Å². The van der Waals surface area contributed by atoms with Crippen molar-refractivity contribution in [3.05, 3.63) is 64.0 Å². The lowest BCUT2D eigenvalue weighted by Gasteiger charge is -2.21. The Hall–Kier alpha value is -2.72. The molecule has 0 bridgehead atoms. The lowest BCUT2D eigenvalue weighted by molar-refractivity contribution is -0.137. The third-order valence-corrected chi connectivity index (χ3v) is 5.74. The maximum absolute atomic E-state index is 12.7. The van der Waals surface area contributed by atoms with Crippen LogP contribution in [0.25, 0.3) is 0 Å². The standard InChI is InChI=1S/C20H19F3N4O2S/c1-12-9-15(26-29-12)10-27-8-2-3-17(27)16-11-30-19(24-16)25-18(28)13-4-6-14(7-5-13)20(21,22)23/h4-7,9,11,17H,2-3,8,10H2,1H3,(H,24,25,28). The van der Waals surface area contributed by atoms with E-state index in [2.05, 4.69) is 20.4 Å². The third-order valence-electron chi connectivity index (χ3n) is 4.96. The molecule has 1 N–H and O–H groups in total. The number of aromatic nitrogens is 2. The Morgan fingerprint density at radius 1 is 1.33 bits per heavy atom. The van der Waals surface area contributed by atoms with Gasteiger partial charge in [-0.15, -0.1) is 11.3 Å². The van der Waals surface area contributed by atoms with E-state index < -0.39 is 17.6 Å². The predicted molar refractivity (Wildman–Crippen MR) is 105 cm³/mol. The zero-order valence-electron chi connectivity index (χ0n) is 16.1. The summed E-state index contributed by atoms with van der Waals surface area (Å²) >= 11 is 1.30. The maximum Gasteiger partial charge on any atom is 0.416 e. The van der Waals surface area contributed by atoms with Crippen LogP contribution < -0.4 is 5.32 Å². The molecule has 3 aromatic rings. The molecule has 0 spiro atoms. The number of carbonyl (C=O) groups is 1. The van der Waals surface area contributed by atoms with Crippen molar-refractivity contribution in [2.75, 3.05) is 11.9 Å². The fraction of sp³-hybridized carbons (Fsp3) is 0.350. The number of nitrogens with one attached hydrogen (secondary N) is 1. The summed E-state index contributed by atoms with van der Waals surface area (Å²) in [6, 6.07) is 6.13. The van der Waals surface area contributed by atoms with Crippen molar-refractivity contribution in [2.24, 2.45) is 0 Å². The quantitative estimate of drug-likeness (QED) is 0.606. The van der Waals surface area contributed by atoms with Gasteiger partial charge in [0.2, 0.25) is 0 Å². The van der Waals surface area contributed by atoms with Crippen LogP contribution in [0.3, 0.4) is 0 Å². The molecular weight excluding hydrogens is 417 g/mol. The van der Waals surface area contributed by atoms with Gasteiger partial charge in [0.15, 0.2) is 5.13 Å². The Labute approximate surface area is 174 Å². The summed E-state index contributed by atoms with van der Waals surface area (Å²) in [6.45, 7) is 3.43. The number of nitrogens with zero attached hydrogens (tertiary/aromatic N) is 3. The first-order valence-electron chi connectivity index (χ1n) is 9.40. The van der Waals surface area contributed by atoms with Crippen LogP contribution in [0.4, 0.5) is 18.3 Å². The van der Waals surface area contributed by atoms with Gasteiger partial charge in [0.05, 0.1) is 23.0 Å². The van der Waals surface area contributed by atoms with Crippen molar-refractivity contribution in [1.82, 2.24) is 15.0 Å². The summed E-state index contributed by atoms with van der Waals surface area (Å²) in [5.74, 6) is 0.272. The number of hydrogen-bond donors (Lipinski definition) is 1. The van der Waals surface area contributed by atoms with E-state index in [0.717, 1.165) is 60.8 Å². The second kappa shape index (κ2) is 8.19. The van der Waals surface area contributed by atoms with Gasteiger partial charge in [-0.05, 0) is 50.6 Å². The van der Waals surface area contributed by atoms with E-state index in [1.165, 1.54) is 11.3 Å². The van der Waals surface area contributed by atoms with Gasteiger partial charge in [-0.2, -0.15) is 13.2 Å². The average Bonchev–Trinajstić information content (AvgIpc) is 3.43. The van der Waals surface area contributed by atoms with Gasteiger partial charge in [0.25, 0.3) is 5.91 Å². The van der Waals surface area contributed by atoms with Crippen LogP contribution >= 0.6 is 11.3 Å². The molecule has 1 saturated heterocycles. The Morgan fingerprint density at radius 3 is 2.77 bits per heavy atom. The largest absolute Gasteiger partial charge is 0.416 e. The van der Waals surface area contributed by atoms with Crippen LogP contribution in [-0.4, -0.2) is 27.5 Å². The van der Waals surface area contributed by atoms with Crippen molar-refractivity contribution in [1.29, 1.82) is 0 Å². The summed E-state index contributed by atoms with van der Waals surface area (Å²) < 4.78 is 43.1. The molecule has 4 rings (SSSR count). The highest BCUT2D eigenvalue weighted by atomic mass is 32.1. The van der Waals surface area contributed by atoms with Gasteiger partial charge < -0.3 is 4.52 Å². The number of aryl methyl sites for hydroxylation is 1. The first-order valence-corrected chi connectivity index (χ1v) is 10.3. The Bertz CT molecular complexity index is 1030. The first kappa shape index (κ1) is 20.5. The highest BCUT2D eigenvalue weighted by Gasteiger charge is 2.31. The molecule has 2 aromatic heterocycles. The van der Waals surface area contributed by atoms with Gasteiger partial charge in [0.1, 0.15) is 5.76 Å². The summed E-state index contributed by atoms with van der Waals surface area (Å²) in [6.07, 6.45) is -2.45. The zero-order chi connectivity index (χ0) is 21.3. The van der Waals surface area contributed by atoms with E-state index in [0.29, 0.717) is 11.7 Å². The molecule has 0 aliphatic carbocycles. The topological polar surface area (TPSA) is 71.3 Å². The van der Waals surface area contributed by atoms with E-state index in [1.807, 2.05) is 18.4 Å². The molecule has 1 aliphatic heterocycles. The van der Waals surface area contributed by atoms with Gasteiger partial charge in [-0.25, -0.2) is 4.98 Å². The molecule has 1 atom stereocenters. The lowest BCUT2D eigenvalue weighted by atomic mass is 10.1. The number of carbonyl (C=O) groups excluding carboxylic acids is 1. The van der Waals surface area contributed by atoms with Crippen LogP contribution in [0.5, 0.6) is 0 Å². The molecule has 30 heavy (non-hydrogen) atoms. The smallest absolute Gasteiger partial charge is 0.361 e. The number of hydrogen-bond acceptors (Lipinski definition) is 6. The van der Waals surface area contributed by atoms with Crippen molar-refractivity contribution >= 4 is 22.4 Å². The van der Waals surface area contributed by atoms with Crippen LogP contribution in [0.1, 0.15) is 52.0 Å². The van der Waals surface area contributed by atoms with Crippen molar-refractivity contribution < 1.29 is 22.5 Å². The molecular formula is C20H19F3N4O2S. The van der Waals surface area contributed by atoms with E-state index in [-0.39, 0.29) is 11.6 Å². The SMILES string of the molecule is Cc1cc(CN2CCCC2c2csc(NC(=O)c3ccc(C(F)(F)F)cc3)n2)no1. The number of anilines is 1. The summed E-state index contributed by atoms with van der Waals surface area (Å²) in [5, 5.41) is 9.03. The Kier molecular flexibility index (Phi) is 5.61. The molecule has 0 saturated carbocycles. The number of benzene rings is 1. The zero-order valence-corrected chi connectivity index (χ0v) is 16.9. The molecule has 3 heterocycles. The number of rotatable bonds is 5. The number of halogens is 3. The summed E-state index contributed by atoms with van der Waals surface area (Å²) in [5.41, 5.74) is 1.08. The highest BCUT2D eigenvalue weighted by Crippen LogP contribution is 2.35. The summed E-state index contributed by atoms with van der Waals surface area (Å²) in [7, 11) is 0. The molecule has 1 fully saturated rings. The normalized spacial score (nSPS) is 17.4. The van der Waals surface area contributed by atoms with Crippen LogP contribution in [-0.2, 0) is 12.7 Å². The molecule has 158 valence electrons. The lowest BCUT2D eigenvalue weighted by Crippen LogP contribution is -2.23. The number of thiazole rings is 1. The fourth-order valence-electron chi connectivity index (χ4n) is 3.53. The first-order chi connectivity index (χ1) is 14.3. The Balaban J connectivity index is 1.41. The molecule has 10 heteroatoms. The predicted octanol–water partition coefficient (Wildman–Crippen LogP) is 5.05. The minimum absolute atomic E-state index is 0.120. The minimum Gasteiger partial charge on any atom is -0.361 e. The fourth-order valence-corrected chi connectivity index (χ4v) is 4.28. The number of likely N-dealkylation sites (tertiary alicyclic amines) is 1. The monoisotopic (exact) mass is 436 g/mol.